The molecule has 1 N–H and O–H groups in total. The van der Waals surface area contributed by atoms with E-state index < -0.39 is 17.5 Å². The van der Waals surface area contributed by atoms with Gasteiger partial charge in [-0.05, 0) is 48.6 Å². The number of esters is 1. The van der Waals surface area contributed by atoms with Gasteiger partial charge in [-0.2, -0.15) is 0 Å². The molecular formula is C27H29NO6. The van der Waals surface area contributed by atoms with E-state index in [0.717, 1.165) is 31.2 Å². The summed E-state index contributed by atoms with van der Waals surface area (Å²) < 4.78 is 16.4. The second-order valence-electron chi connectivity index (χ2n) is 8.91. The van der Waals surface area contributed by atoms with Crippen molar-refractivity contribution in [2.45, 2.75) is 57.9 Å². The third-order valence-corrected chi connectivity index (χ3v) is 6.01. The molecule has 178 valence electrons. The minimum absolute atomic E-state index is 0.0277. The maximum atomic E-state index is 12.6. The molecule has 7 heteroatoms. The number of rotatable bonds is 7. The number of carbonyl (C=O) groups is 2. The number of ether oxygens (including phenoxy) is 2. The Morgan fingerprint density at radius 1 is 1.06 bits per heavy atom. The van der Waals surface area contributed by atoms with Gasteiger partial charge in [0.15, 0.2) is 6.61 Å². The molecule has 4 rings (SSSR count). The van der Waals surface area contributed by atoms with Crippen LogP contribution in [0.3, 0.4) is 0 Å². The lowest BCUT2D eigenvalue weighted by Gasteiger charge is -2.22. The lowest BCUT2D eigenvalue weighted by molar-refractivity contribution is -0.136. The van der Waals surface area contributed by atoms with Crippen LogP contribution in [-0.4, -0.2) is 24.5 Å². The monoisotopic (exact) mass is 463 g/mol. The van der Waals surface area contributed by atoms with E-state index in [1.807, 2.05) is 24.3 Å². The molecule has 1 aromatic heterocycles. The van der Waals surface area contributed by atoms with Crippen LogP contribution in [0.1, 0.15) is 67.8 Å². The molecule has 1 aliphatic rings. The lowest BCUT2D eigenvalue weighted by Crippen LogP contribution is -2.38. The Bertz CT molecular complexity index is 1240. The quantitative estimate of drug-likeness (QED) is 0.302. The molecule has 1 aliphatic carbocycles. The largest absolute Gasteiger partial charge is 0.482 e. The van der Waals surface area contributed by atoms with E-state index in [9.17, 15) is 14.4 Å². The predicted molar refractivity (Wildman–Crippen MR) is 128 cm³/mol. The number of hydrogen-bond acceptors (Lipinski definition) is 6. The molecule has 0 radical (unpaired) electrons. The van der Waals surface area contributed by atoms with E-state index in [2.05, 4.69) is 19.2 Å². The number of nitrogens with one attached hydrogen (secondary N) is 1. The number of fused-ring (bicyclic) bond motifs is 1. The van der Waals surface area contributed by atoms with Crippen LogP contribution in [0.15, 0.2) is 57.7 Å². The van der Waals surface area contributed by atoms with Gasteiger partial charge in [0.05, 0.1) is 0 Å². The van der Waals surface area contributed by atoms with E-state index in [1.54, 1.807) is 12.1 Å². The Labute approximate surface area is 198 Å². The van der Waals surface area contributed by atoms with E-state index in [4.69, 9.17) is 13.9 Å². The molecule has 2 aromatic carbocycles. The summed E-state index contributed by atoms with van der Waals surface area (Å²) in [6.07, 6.45) is 5.18. The van der Waals surface area contributed by atoms with Gasteiger partial charge in [0.1, 0.15) is 22.6 Å². The molecule has 0 bridgehead atoms. The maximum Gasteiger partial charge on any atom is 0.349 e. The van der Waals surface area contributed by atoms with Crippen LogP contribution in [0.4, 0.5) is 0 Å². The molecule has 0 atom stereocenters. The zero-order valence-corrected chi connectivity index (χ0v) is 19.5. The summed E-state index contributed by atoms with van der Waals surface area (Å²) >= 11 is 0. The summed E-state index contributed by atoms with van der Waals surface area (Å²) in [6.45, 7) is 3.84. The summed E-state index contributed by atoms with van der Waals surface area (Å²) in [5.41, 5.74) is 0.486. The van der Waals surface area contributed by atoms with Crippen molar-refractivity contribution in [1.82, 2.24) is 5.32 Å². The van der Waals surface area contributed by atoms with Gasteiger partial charge >= 0.3 is 11.6 Å². The molecule has 0 aliphatic heterocycles. The Morgan fingerprint density at radius 2 is 1.82 bits per heavy atom. The average Bonchev–Trinajstić information content (AvgIpc) is 2.83. The SMILES string of the molecule is CC(C)c1ccccc1OCC(=O)Oc1ccc2cc(C(=O)NC3CCCCC3)c(=O)oc2c1. The average molecular weight is 464 g/mol. The first kappa shape index (κ1) is 23.5. The Morgan fingerprint density at radius 3 is 2.59 bits per heavy atom. The fraction of sp³-hybridized carbons (Fsp3) is 0.370. The molecule has 1 saturated carbocycles. The summed E-state index contributed by atoms with van der Waals surface area (Å²) in [5.74, 6) is 0.115. The van der Waals surface area contributed by atoms with Gasteiger partial charge in [0, 0.05) is 17.5 Å². The summed E-state index contributed by atoms with van der Waals surface area (Å²) in [4.78, 5) is 37.3. The number of carbonyl (C=O) groups excluding carboxylic acids is 2. The van der Waals surface area contributed by atoms with Gasteiger partial charge in [-0.3, -0.25) is 4.79 Å². The maximum absolute atomic E-state index is 12.6. The van der Waals surface area contributed by atoms with Crippen molar-refractivity contribution in [2.75, 3.05) is 6.61 Å². The Hall–Kier alpha value is -3.61. The van der Waals surface area contributed by atoms with Crippen LogP contribution in [0.5, 0.6) is 11.5 Å². The fourth-order valence-corrected chi connectivity index (χ4v) is 4.21. The number of para-hydroxylation sites is 1. The van der Waals surface area contributed by atoms with Crippen molar-refractivity contribution >= 4 is 22.8 Å². The van der Waals surface area contributed by atoms with Crippen molar-refractivity contribution < 1.29 is 23.5 Å². The van der Waals surface area contributed by atoms with Crippen LogP contribution in [0.25, 0.3) is 11.0 Å². The second-order valence-corrected chi connectivity index (χ2v) is 8.91. The summed E-state index contributed by atoms with van der Waals surface area (Å²) in [6, 6.07) is 13.8. The minimum atomic E-state index is -0.724. The van der Waals surface area contributed by atoms with Gasteiger partial charge in [0.25, 0.3) is 5.91 Å². The number of benzene rings is 2. The predicted octanol–water partition coefficient (Wildman–Crippen LogP) is 4.96. The molecule has 0 unspecified atom stereocenters. The van der Waals surface area contributed by atoms with E-state index in [-0.39, 0.29) is 35.5 Å². The van der Waals surface area contributed by atoms with Crippen molar-refractivity contribution in [3.05, 3.63) is 70.1 Å². The van der Waals surface area contributed by atoms with Crippen LogP contribution >= 0.6 is 0 Å². The first-order chi connectivity index (χ1) is 16.4. The van der Waals surface area contributed by atoms with Crippen molar-refractivity contribution in [2.24, 2.45) is 0 Å². The third kappa shape index (κ3) is 5.65. The lowest BCUT2D eigenvalue weighted by atomic mass is 9.95. The molecule has 3 aromatic rings. The molecule has 1 amide bonds. The number of hydrogen-bond donors (Lipinski definition) is 1. The second kappa shape index (κ2) is 10.5. The van der Waals surface area contributed by atoms with Crippen molar-refractivity contribution in [1.29, 1.82) is 0 Å². The highest BCUT2D eigenvalue weighted by molar-refractivity contribution is 5.97. The normalized spacial score (nSPS) is 14.2. The first-order valence-corrected chi connectivity index (χ1v) is 11.7. The van der Waals surface area contributed by atoms with Gasteiger partial charge < -0.3 is 19.2 Å². The first-order valence-electron chi connectivity index (χ1n) is 11.7. The van der Waals surface area contributed by atoms with Crippen molar-refractivity contribution in [3.63, 3.8) is 0 Å². The van der Waals surface area contributed by atoms with Gasteiger partial charge in [-0.25, -0.2) is 9.59 Å². The van der Waals surface area contributed by atoms with Gasteiger partial charge in [-0.1, -0.05) is 51.3 Å². The van der Waals surface area contributed by atoms with Crippen LogP contribution in [0, 0.1) is 0 Å². The molecule has 0 saturated heterocycles. The molecule has 1 heterocycles. The molecule has 34 heavy (non-hydrogen) atoms. The van der Waals surface area contributed by atoms with E-state index in [0.29, 0.717) is 11.1 Å². The van der Waals surface area contributed by atoms with E-state index in [1.165, 1.54) is 18.6 Å². The standard InChI is InChI=1S/C27H29NO6/c1-17(2)21-10-6-7-11-23(21)32-16-25(29)33-20-13-12-18-14-22(27(31)34-24(18)15-20)26(30)28-19-8-4-3-5-9-19/h6-7,10-15,17,19H,3-5,8-9,16H2,1-2H3,(H,28,30). The minimum Gasteiger partial charge on any atom is -0.482 e. The summed E-state index contributed by atoms with van der Waals surface area (Å²) in [7, 11) is 0. The molecule has 1 fully saturated rings. The highest BCUT2D eigenvalue weighted by atomic mass is 16.6. The Balaban J connectivity index is 1.42. The highest BCUT2D eigenvalue weighted by Gasteiger charge is 2.20. The Kier molecular flexibility index (Phi) is 7.30. The number of amides is 1. The van der Waals surface area contributed by atoms with Crippen LogP contribution < -0.4 is 20.4 Å². The topological polar surface area (TPSA) is 94.8 Å². The van der Waals surface area contributed by atoms with Crippen LogP contribution in [-0.2, 0) is 4.79 Å². The summed E-state index contributed by atoms with van der Waals surface area (Å²) in [5, 5.41) is 3.50. The van der Waals surface area contributed by atoms with Gasteiger partial charge in [-0.15, -0.1) is 0 Å². The fourth-order valence-electron chi connectivity index (χ4n) is 4.21. The van der Waals surface area contributed by atoms with Crippen molar-refractivity contribution in [3.8, 4) is 11.5 Å². The zero-order chi connectivity index (χ0) is 24.1. The smallest absolute Gasteiger partial charge is 0.349 e. The third-order valence-electron chi connectivity index (χ3n) is 6.01. The molecular weight excluding hydrogens is 434 g/mol. The molecule has 0 spiro atoms. The van der Waals surface area contributed by atoms with Crippen LogP contribution in [0.2, 0.25) is 0 Å². The van der Waals surface area contributed by atoms with Gasteiger partial charge in [0.2, 0.25) is 0 Å². The highest BCUT2D eigenvalue weighted by Crippen LogP contribution is 2.26. The zero-order valence-electron chi connectivity index (χ0n) is 19.5. The molecule has 7 nitrogen and oxygen atoms in total. The van der Waals surface area contributed by atoms with E-state index >= 15 is 0 Å².